The zero-order chi connectivity index (χ0) is 18.4. The Morgan fingerprint density at radius 2 is 1.84 bits per heavy atom. The predicted octanol–water partition coefficient (Wildman–Crippen LogP) is 2.85. The molecular weight excluding hydrogens is 329 g/mol. The number of carbonyl (C=O) groups excluding carboxylic acids is 2. The fourth-order valence-corrected chi connectivity index (χ4v) is 1.99. The summed E-state index contributed by atoms with van der Waals surface area (Å²) in [5.41, 5.74) is -0.106. The summed E-state index contributed by atoms with van der Waals surface area (Å²) < 4.78 is 13.4. The largest absolute Gasteiger partial charge is 0.322 e. The van der Waals surface area contributed by atoms with Gasteiger partial charge >= 0.3 is 5.69 Å². The lowest BCUT2D eigenvalue weighted by Crippen LogP contribution is -2.29. The summed E-state index contributed by atoms with van der Waals surface area (Å²) in [6, 6.07) is 11.8. The van der Waals surface area contributed by atoms with Gasteiger partial charge in [0.05, 0.1) is 4.92 Å². The number of benzene rings is 2. The Balaban J connectivity index is 2.28. The molecule has 0 atom stereocenters. The molecule has 0 saturated heterocycles. The zero-order valence-electron chi connectivity index (χ0n) is 13.2. The molecule has 0 aromatic heterocycles. The number of nitrogens with zero attached hydrogens (tertiary/aromatic N) is 1. The van der Waals surface area contributed by atoms with Gasteiger partial charge in [-0.2, -0.15) is 4.39 Å². The van der Waals surface area contributed by atoms with Crippen LogP contribution >= 0.6 is 0 Å². The van der Waals surface area contributed by atoms with Gasteiger partial charge in [0.15, 0.2) is 0 Å². The van der Waals surface area contributed by atoms with E-state index in [9.17, 15) is 24.1 Å². The quantitative estimate of drug-likeness (QED) is 0.495. The van der Waals surface area contributed by atoms with Crippen molar-refractivity contribution in [3.63, 3.8) is 0 Å². The summed E-state index contributed by atoms with van der Waals surface area (Å²) in [5, 5.41) is 15.6. The molecule has 0 heterocycles. The lowest BCUT2D eigenvalue weighted by atomic mass is 10.2. The third-order valence-electron chi connectivity index (χ3n) is 3.07. The summed E-state index contributed by atoms with van der Waals surface area (Å²) in [5.74, 6) is -2.16. The summed E-state index contributed by atoms with van der Waals surface area (Å²) in [6.07, 6.45) is 1.45. The highest BCUT2D eigenvalue weighted by Gasteiger charge is 2.17. The van der Waals surface area contributed by atoms with E-state index in [0.29, 0.717) is 5.56 Å². The Morgan fingerprint density at radius 1 is 1.16 bits per heavy atom. The van der Waals surface area contributed by atoms with Gasteiger partial charge in [0.25, 0.3) is 5.91 Å². The highest BCUT2D eigenvalue weighted by atomic mass is 19.1. The van der Waals surface area contributed by atoms with Crippen molar-refractivity contribution < 1.29 is 18.9 Å². The van der Waals surface area contributed by atoms with Crippen LogP contribution in [-0.2, 0) is 9.59 Å². The SMILES string of the molecule is CC(=O)N/C(=C\c1ccccc1)C(=O)Nc1ccc(F)c([N+](=O)[O-])c1. The second-order valence-corrected chi connectivity index (χ2v) is 5.03. The van der Waals surface area contributed by atoms with E-state index >= 15 is 0 Å². The highest BCUT2D eigenvalue weighted by molar-refractivity contribution is 6.08. The van der Waals surface area contributed by atoms with Gasteiger partial charge in [-0.1, -0.05) is 30.3 Å². The van der Waals surface area contributed by atoms with Crippen molar-refractivity contribution in [2.45, 2.75) is 6.92 Å². The van der Waals surface area contributed by atoms with Crippen LogP contribution < -0.4 is 10.6 Å². The minimum absolute atomic E-state index is 0.0300. The van der Waals surface area contributed by atoms with Crippen LogP contribution in [0.3, 0.4) is 0 Å². The van der Waals surface area contributed by atoms with Gasteiger partial charge in [-0.05, 0) is 23.8 Å². The number of rotatable bonds is 5. The van der Waals surface area contributed by atoms with E-state index < -0.39 is 28.2 Å². The Kier molecular flexibility index (Phi) is 5.57. The molecule has 2 N–H and O–H groups in total. The molecule has 2 amide bonds. The monoisotopic (exact) mass is 343 g/mol. The van der Waals surface area contributed by atoms with E-state index in [1.807, 2.05) is 0 Å². The highest BCUT2D eigenvalue weighted by Crippen LogP contribution is 2.22. The first-order valence-electron chi connectivity index (χ1n) is 7.16. The number of hydrogen-bond acceptors (Lipinski definition) is 4. The van der Waals surface area contributed by atoms with Crippen LogP contribution in [0.5, 0.6) is 0 Å². The normalized spacial score (nSPS) is 10.9. The summed E-state index contributed by atoms with van der Waals surface area (Å²) in [4.78, 5) is 33.6. The van der Waals surface area contributed by atoms with Crippen LogP contribution in [-0.4, -0.2) is 16.7 Å². The first kappa shape index (κ1) is 17.8. The summed E-state index contributed by atoms with van der Waals surface area (Å²) in [7, 11) is 0. The molecule has 0 saturated carbocycles. The third-order valence-corrected chi connectivity index (χ3v) is 3.07. The fourth-order valence-electron chi connectivity index (χ4n) is 1.99. The van der Waals surface area contributed by atoms with Crippen molar-refractivity contribution in [1.82, 2.24) is 5.32 Å². The topological polar surface area (TPSA) is 101 Å². The maximum Gasteiger partial charge on any atom is 0.306 e. The smallest absolute Gasteiger partial charge is 0.306 e. The standard InChI is InChI=1S/C17H14FN3O4/c1-11(22)19-15(9-12-5-3-2-4-6-12)17(23)20-13-7-8-14(18)16(10-13)21(24)25/h2-10H,1H3,(H,19,22)(H,20,23)/b15-9-. The lowest BCUT2D eigenvalue weighted by Gasteiger charge is -2.10. The third kappa shape index (κ3) is 4.96. The molecule has 128 valence electrons. The minimum atomic E-state index is -1.01. The molecule has 0 aliphatic carbocycles. The Bertz CT molecular complexity index is 850. The molecule has 0 radical (unpaired) electrons. The Labute approximate surface area is 142 Å². The Morgan fingerprint density at radius 3 is 2.44 bits per heavy atom. The molecule has 0 unspecified atom stereocenters. The maximum absolute atomic E-state index is 13.4. The van der Waals surface area contributed by atoms with E-state index in [1.165, 1.54) is 19.1 Å². The van der Waals surface area contributed by atoms with Gasteiger partial charge in [-0.25, -0.2) is 0 Å². The van der Waals surface area contributed by atoms with Gasteiger partial charge in [-0.3, -0.25) is 19.7 Å². The molecule has 7 nitrogen and oxygen atoms in total. The van der Waals surface area contributed by atoms with Crippen LogP contribution in [0, 0.1) is 15.9 Å². The van der Waals surface area contributed by atoms with Crippen molar-refractivity contribution >= 4 is 29.3 Å². The predicted molar refractivity (Wildman–Crippen MR) is 89.9 cm³/mol. The van der Waals surface area contributed by atoms with Crippen LogP contribution in [0.25, 0.3) is 6.08 Å². The molecule has 8 heteroatoms. The molecule has 0 fully saturated rings. The van der Waals surface area contributed by atoms with Gasteiger partial charge in [0, 0.05) is 18.7 Å². The average molecular weight is 343 g/mol. The van der Waals surface area contributed by atoms with E-state index in [-0.39, 0.29) is 11.4 Å². The number of halogens is 1. The molecular formula is C17H14FN3O4. The summed E-state index contributed by atoms with van der Waals surface area (Å²) in [6.45, 7) is 1.24. The van der Waals surface area contributed by atoms with Crippen LogP contribution in [0.2, 0.25) is 0 Å². The van der Waals surface area contributed by atoms with E-state index in [0.717, 1.165) is 12.1 Å². The van der Waals surface area contributed by atoms with Crippen molar-refractivity contribution in [2.75, 3.05) is 5.32 Å². The van der Waals surface area contributed by atoms with Gasteiger partial charge in [0.2, 0.25) is 11.7 Å². The molecule has 0 spiro atoms. The average Bonchev–Trinajstić information content (AvgIpc) is 2.56. The number of carbonyl (C=O) groups is 2. The van der Waals surface area contributed by atoms with Crippen LogP contribution in [0.1, 0.15) is 12.5 Å². The van der Waals surface area contributed by atoms with Crippen molar-refractivity contribution in [3.05, 3.63) is 75.7 Å². The molecule has 2 aromatic rings. The number of nitrogens with one attached hydrogen (secondary N) is 2. The second kappa shape index (κ2) is 7.82. The number of anilines is 1. The molecule has 25 heavy (non-hydrogen) atoms. The number of amides is 2. The van der Waals surface area contributed by atoms with Crippen molar-refractivity contribution in [3.8, 4) is 0 Å². The minimum Gasteiger partial charge on any atom is -0.322 e. The van der Waals surface area contributed by atoms with Crippen LogP contribution in [0.15, 0.2) is 54.2 Å². The molecule has 0 aliphatic heterocycles. The molecule has 2 aromatic carbocycles. The van der Waals surface area contributed by atoms with Gasteiger partial charge < -0.3 is 10.6 Å². The van der Waals surface area contributed by atoms with Crippen LogP contribution in [0.4, 0.5) is 15.8 Å². The second-order valence-electron chi connectivity index (χ2n) is 5.03. The van der Waals surface area contributed by atoms with E-state index in [4.69, 9.17) is 0 Å². The summed E-state index contributed by atoms with van der Waals surface area (Å²) >= 11 is 0. The fraction of sp³-hybridized carbons (Fsp3) is 0.0588. The molecule has 0 bridgehead atoms. The molecule has 2 rings (SSSR count). The Hall–Kier alpha value is -3.55. The maximum atomic E-state index is 13.4. The van der Waals surface area contributed by atoms with Gasteiger partial charge in [-0.15, -0.1) is 0 Å². The van der Waals surface area contributed by atoms with Gasteiger partial charge in [0.1, 0.15) is 5.70 Å². The number of nitro benzene ring substituents is 1. The first-order chi connectivity index (χ1) is 11.9. The number of hydrogen-bond donors (Lipinski definition) is 2. The lowest BCUT2D eigenvalue weighted by molar-refractivity contribution is -0.387. The molecule has 0 aliphatic rings. The van der Waals surface area contributed by atoms with Crippen molar-refractivity contribution in [1.29, 1.82) is 0 Å². The van der Waals surface area contributed by atoms with E-state index in [2.05, 4.69) is 10.6 Å². The van der Waals surface area contributed by atoms with E-state index in [1.54, 1.807) is 30.3 Å². The zero-order valence-corrected chi connectivity index (χ0v) is 13.2. The first-order valence-corrected chi connectivity index (χ1v) is 7.16. The number of nitro groups is 1. The van der Waals surface area contributed by atoms with Crippen molar-refractivity contribution in [2.24, 2.45) is 0 Å².